The van der Waals surface area contributed by atoms with Gasteiger partial charge in [0.25, 0.3) is 0 Å². The smallest absolute Gasteiger partial charge is 0.201 e. The number of nitrogens with zero attached hydrogens (tertiary/aromatic N) is 2. The molecule has 3 rings (SSSR count). The molecule has 0 saturated heterocycles. The van der Waals surface area contributed by atoms with Crippen LogP contribution in [-0.4, -0.2) is 24.3 Å². The Morgan fingerprint density at radius 2 is 1.58 bits per heavy atom. The van der Waals surface area contributed by atoms with E-state index in [4.69, 9.17) is 11.5 Å². The average Bonchev–Trinajstić information content (AvgIpc) is 2.66. The van der Waals surface area contributed by atoms with Crippen LogP contribution in [0.5, 0.6) is 0 Å². The number of nitrogens with one attached hydrogen (secondary N) is 2. The highest BCUT2D eigenvalue weighted by molar-refractivity contribution is 6.00. The Labute approximate surface area is 154 Å². The molecule has 0 spiro atoms. The fourth-order valence-corrected chi connectivity index (χ4v) is 2.99. The molecule has 2 aromatic carbocycles. The van der Waals surface area contributed by atoms with Crippen LogP contribution in [-0.2, 0) is 0 Å². The molecule has 1 heterocycles. The number of aliphatic imine (C=N–C) groups is 2. The molecule has 2 aromatic rings. The molecule has 6 N–H and O–H groups in total. The van der Waals surface area contributed by atoms with Crippen molar-refractivity contribution in [1.29, 1.82) is 0 Å². The van der Waals surface area contributed by atoms with Crippen LogP contribution < -0.4 is 22.1 Å². The third-order valence-corrected chi connectivity index (χ3v) is 4.72. The Morgan fingerprint density at radius 3 is 2.19 bits per heavy atom. The van der Waals surface area contributed by atoms with E-state index in [9.17, 15) is 0 Å². The van der Waals surface area contributed by atoms with Crippen LogP contribution in [0.4, 0.5) is 0 Å². The van der Waals surface area contributed by atoms with Crippen molar-refractivity contribution >= 4 is 11.9 Å². The molecule has 1 aliphatic heterocycles. The van der Waals surface area contributed by atoms with E-state index in [1.165, 1.54) is 5.56 Å². The molecule has 2 unspecified atom stereocenters. The molecule has 6 heteroatoms. The summed E-state index contributed by atoms with van der Waals surface area (Å²) >= 11 is 0. The summed E-state index contributed by atoms with van der Waals surface area (Å²) in [6.07, 6.45) is 0. The number of guanidine groups is 2. The fraction of sp³-hybridized carbons (Fsp3) is 0.300. The van der Waals surface area contributed by atoms with Crippen LogP contribution in [0, 0.1) is 0 Å². The predicted octanol–water partition coefficient (Wildman–Crippen LogP) is 2.07. The molecule has 0 aromatic heterocycles. The highest BCUT2D eigenvalue weighted by atomic mass is 15.4. The first-order chi connectivity index (χ1) is 12.5. The summed E-state index contributed by atoms with van der Waals surface area (Å²) in [7, 11) is 0. The molecule has 136 valence electrons. The summed E-state index contributed by atoms with van der Waals surface area (Å²) < 4.78 is 0. The lowest BCUT2D eigenvalue weighted by atomic mass is 9.94. The molecule has 0 aliphatic carbocycles. The summed E-state index contributed by atoms with van der Waals surface area (Å²) in [6.45, 7) is 4.78. The maximum absolute atomic E-state index is 6.53. The Hall–Kier alpha value is -2.86. The molecule has 1 aliphatic rings. The zero-order valence-electron chi connectivity index (χ0n) is 15.2. The van der Waals surface area contributed by atoms with Crippen molar-refractivity contribution in [3.8, 4) is 0 Å². The maximum atomic E-state index is 6.53. The lowest BCUT2D eigenvalue weighted by Crippen LogP contribution is -2.66. The second kappa shape index (κ2) is 7.58. The molecule has 0 fully saturated rings. The van der Waals surface area contributed by atoms with Crippen molar-refractivity contribution in [3.63, 3.8) is 0 Å². The zero-order chi connectivity index (χ0) is 18.6. The van der Waals surface area contributed by atoms with Crippen molar-refractivity contribution in [2.45, 2.75) is 31.5 Å². The van der Waals surface area contributed by atoms with Crippen molar-refractivity contribution in [1.82, 2.24) is 10.6 Å². The predicted molar refractivity (Wildman–Crippen MR) is 107 cm³/mol. The monoisotopic (exact) mass is 350 g/mol. The molecule has 3 atom stereocenters. The molecule has 0 bridgehead atoms. The minimum Gasteiger partial charge on any atom is -0.370 e. The van der Waals surface area contributed by atoms with Gasteiger partial charge < -0.3 is 11.1 Å². The van der Waals surface area contributed by atoms with Gasteiger partial charge in [-0.15, -0.1) is 0 Å². The van der Waals surface area contributed by atoms with Gasteiger partial charge in [0, 0.05) is 18.4 Å². The third kappa shape index (κ3) is 4.03. The van der Waals surface area contributed by atoms with Crippen LogP contribution in [0.1, 0.15) is 36.8 Å². The van der Waals surface area contributed by atoms with Crippen LogP contribution in [0.25, 0.3) is 0 Å². The van der Waals surface area contributed by atoms with Gasteiger partial charge in [0.1, 0.15) is 0 Å². The normalized spacial score (nSPS) is 23.5. The van der Waals surface area contributed by atoms with Crippen LogP contribution in [0.2, 0.25) is 0 Å². The summed E-state index contributed by atoms with van der Waals surface area (Å²) in [5.74, 6) is -0.0381. The van der Waals surface area contributed by atoms with Gasteiger partial charge in [-0.2, -0.15) is 0 Å². The number of rotatable bonds is 5. The van der Waals surface area contributed by atoms with Crippen LogP contribution >= 0.6 is 0 Å². The van der Waals surface area contributed by atoms with Gasteiger partial charge in [-0.05, 0) is 11.1 Å². The maximum Gasteiger partial charge on any atom is 0.201 e. The van der Waals surface area contributed by atoms with Crippen LogP contribution in [0.3, 0.4) is 0 Å². The Bertz CT molecular complexity index is 786. The molecule has 0 amide bonds. The fourth-order valence-electron chi connectivity index (χ4n) is 2.99. The summed E-state index contributed by atoms with van der Waals surface area (Å²) in [5.41, 5.74) is 14.8. The number of nitrogens with two attached hydrogens (primary N) is 2. The van der Waals surface area contributed by atoms with Crippen molar-refractivity contribution in [3.05, 3.63) is 71.8 Å². The standard InChI is InChI=1S/C20H26N6/c1-14(16-9-5-3-6-10-16)13-23-19-24-18(21)25-20(22,26-19)15(2)17-11-7-4-8-12-17/h3-12,14-15H,13,22H2,1-2H3,(H4,21,23,24,25,26)/t14?,15-,20?/m0/s1. The topological polar surface area (TPSA) is 101 Å². The third-order valence-electron chi connectivity index (χ3n) is 4.72. The van der Waals surface area contributed by atoms with Crippen molar-refractivity contribution in [2.24, 2.45) is 21.5 Å². The van der Waals surface area contributed by atoms with E-state index in [0.717, 1.165) is 5.56 Å². The van der Waals surface area contributed by atoms with Gasteiger partial charge >= 0.3 is 0 Å². The van der Waals surface area contributed by atoms with E-state index in [-0.39, 0.29) is 17.8 Å². The summed E-state index contributed by atoms with van der Waals surface area (Å²) in [6, 6.07) is 20.3. The van der Waals surface area contributed by atoms with Crippen LogP contribution in [0.15, 0.2) is 70.6 Å². The van der Waals surface area contributed by atoms with Gasteiger partial charge in [0.05, 0.1) is 0 Å². The first-order valence-electron chi connectivity index (χ1n) is 8.81. The quantitative estimate of drug-likeness (QED) is 0.663. The van der Waals surface area contributed by atoms with Gasteiger partial charge in [-0.3, -0.25) is 16.0 Å². The van der Waals surface area contributed by atoms with E-state index in [1.807, 2.05) is 55.5 Å². The van der Waals surface area contributed by atoms with Gasteiger partial charge in [-0.1, -0.05) is 74.5 Å². The SMILES string of the molecule is CC(CN=C1NC(N)=NC(N)([C@@H](C)c2ccccc2)N1)c1ccccc1. The Kier molecular flexibility index (Phi) is 5.23. The lowest BCUT2D eigenvalue weighted by molar-refractivity contribution is 0.337. The van der Waals surface area contributed by atoms with Gasteiger partial charge in [0.2, 0.25) is 5.96 Å². The van der Waals surface area contributed by atoms with Gasteiger partial charge in [-0.25, -0.2) is 4.99 Å². The van der Waals surface area contributed by atoms with Crippen molar-refractivity contribution in [2.75, 3.05) is 6.54 Å². The molecule has 26 heavy (non-hydrogen) atoms. The largest absolute Gasteiger partial charge is 0.370 e. The van der Waals surface area contributed by atoms with E-state index in [0.29, 0.717) is 12.5 Å². The minimum atomic E-state index is -1.05. The molecular formula is C20H26N6. The first kappa shape index (κ1) is 17.9. The van der Waals surface area contributed by atoms with E-state index < -0.39 is 5.79 Å². The Balaban J connectivity index is 1.76. The summed E-state index contributed by atoms with van der Waals surface area (Å²) in [5, 5.41) is 6.19. The van der Waals surface area contributed by atoms with Gasteiger partial charge in [0.15, 0.2) is 11.7 Å². The highest BCUT2D eigenvalue weighted by Crippen LogP contribution is 2.26. The van der Waals surface area contributed by atoms with Crippen molar-refractivity contribution < 1.29 is 0 Å². The Morgan fingerprint density at radius 1 is 1.00 bits per heavy atom. The number of hydrogen-bond donors (Lipinski definition) is 4. The van der Waals surface area contributed by atoms with E-state index in [2.05, 4.69) is 39.7 Å². The number of hydrogen-bond acceptors (Lipinski definition) is 4. The molecular weight excluding hydrogens is 324 g/mol. The molecule has 0 saturated carbocycles. The second-order valence-corrected chi connectivity index (χ2v) is 6.71. The summed E-state index contributed by atoms with van der Waals surface area (Å²) in [4.78, 5) is 9.03. The molecule has 0 radical (unpaired) electrons. The highest BCUT2D eigenvalue weighted by Gasteiger charge is 2.36. The zero-order valence-corrected chi connectivity index (χ0v) is 15.2. The second-order valence-electron chi connectivity index (χ2n) is 6.71. The first-order valence-corrected chi connectivity index (χ1v) is 8.81. The van der Waals surface area contributed by atoms with E-state index in [1.54, 1.807) is 0 Å². The van der Waals surface area contributed by atoms with E-state index >= 15 is 0 Å². The number of benzene rings is 2. The average molecular weight is 350 g/mol. The lowest BCUT2D eigenvalue weighted by Gasteiger charge is -2.37. The minimum absolute atomic E-state index is 0.0823. The molecule has 6 nitrogen and oxygen atoms in total.